The van der Waals surface area contributed by atoms with Crippen molar-refractivity contribution in [2.75, 3.05) is 5.32 Å². The topological polar surface area (TPSA) is 12.0 Å². The standard InChI is InChI=1S/C17H21N/c1-13(2)14(3)18-17-11-9-16(10-12-17)15-7-5-4-6-8-15/h4-14,18H,1-3H3/t14-/m0/s1. The molecule has 0 bridgehead atoms. The Balaban J connectivity index is 2.11. The maximum Gasteiger partial charge on any atom is 0.0342 e. The molecule has 2 aromatic carbocycles. The van der Waals surface area contributed by atoms with Gasteiger partial charge in [0.1, 0.15) is 0 Å². The second-order valence-electron chi connectivity index (χ2n) is 5.12. The summed E-state index contributed by atoms with van der Waals surface area (Å²) >= 11 is 0. The van der Waals surface area contributed by atoms with Gasteiger partial charge in [-0.25, -0.2) is 0 Å². The fourth-order valence-corrected chi connectivity index (χ4v) is 1.82. The van der Waals surface area contributed by atoms with Crippen LogP contribution < -0.4 is 5.32 Å². The summed E-state index contributed by atoms with van der Waals surface area (Å²) in [6, 6.07) is 19.6. The molecule has 0 aliphatic rings. The number of benzene rings is 2. The smallest absolute Gasteiger partial charge is 0.0342 e. The van der Waals surface area contributed by atoms with Crippen molar-refractivity contribution in [3.8, 4) is 11.1 Å². The molecule has 0 aliphatic heterocycles. The van der Waals surface area contributed by atoms with Crippen LogP contribution in [0.4, 0.5) is 5.69 Å². The Kier molecular flexibility index (Phi) is 4.03. The van der Waals surface area contributed by atoms with Gasteiger partial charge in [0.15, 0.2) is 0 Å². The summed E-state index contributed by atoms with van der Waals surface area (Å²) in [4.78, 5) is 0. The Morgan fingerprint density at radius 2 is 1.28 bits per heavy atom. The Hall–Kier alpha value is -1.76. The minimum atomic E-state index is 0.493. The molecule has 1 atom stereocenters. The summed E-state index contributed by atoms with van der Waals surface area (Å²) in [6.45, 7) is 6.68. The zero-order valence-corrected chi connectivity index (χ0v) is 11.4. The van der Waals surface area contributed by atoms with Crippen LogP contribution in [0.1, 0.15) is 20.8 Å². The Labute approximate surface area is 110 Å². The van der Waals surface area contributed by atoms with Crippen molar-refractivity contribution in [2.45, 2.75) is 26.8 Å². The van der Waals surface area contributed by atoms with Gasteiger partial charge >= 0.3 is 0 Å². The van der Waals surface area contributed by atoms with Crippen molar-refractivity contribution < 1.29 is 0 Å². The third-order valence-electron chi connectivity index (χ3n) is 3.39. The first-order valence-electron chi connectivity index (χ1n) is 6.59. The molecule has 94 valence electrons. The zero-order valence-electron chi connectivity index (χ0n) is 11.4. The van der Waals surface area contributed by atoms with Gasteiger partial charge in [-0.3, -0.25) is 0 Å². The van der Waals surface area contributed by atoms with Gasteiger partial charge in [-0.15, -0.1) is 0 Å². The Morgan fingerprint density at radius 3 is 1.83 bits per heavy atom. The molecule has 0 aromatic heterocycles. The van der Waals surface area contributed by atoms with Crippen molar-refractivity contribution in [2.24, 2.45) is 5.92 Å². The molecule has 18 heavy (non-hydrogen) atoms. The molecular weight excluding hydrogens is 218 g/mol. The number of anilines is 1. The van der Waals surface area contributed by atoms with Crippen LogP contribution >= 0.6 is 0 Å². The average Bonchev–Trinajstić information content (AvgIpc) is 2.40. The minimum Gasteiger partial charge on any atom is -0.382 e. The molecular formula is C17H21N. The highest BCUT2D eigenvalue weighted by atomic mass is 14.9. The zero-order chi connectivity index (χ0) is 13.0. The second kappa shape index (κ2) is 5.72. The Bertz CT molecular complexity index is 471. The van der Waals surface area contributed by atoms with Crippen LogP contribution in [0.25, 0.3) is 11.1 Å². The van der Waals surface area contributed by atoms with E-state index in [1.54, 1.807) is 0 Å². The van der Waals surface area contributed by atoms with E-state index in [4.69, 9.17) is 0 Å². The summed E-state index contributed by atoms with van der Waals surface area (Å²) < 4.78 is 0. The van der Waals surface area contributed by atoms with Crippen LogP contribution in [0.3, 0.4) is 0 Å². The lowest BCUT2D eigenvalue weighted by atomic mass is 10.0. The molecule has 0 unspecified atom stereocenters. The summed E-state index contributed by atoms with van der Waals surface area (Å²) in [7, 11) is 0. The maximum absolute atomic E-state index is 3.52. The fraction of sp³-hybridized carbons (Fsp3) is 0.294. The van der Waals surface area contributed by atoms with Crippen molar-refractivity contribution in [3.05, 3.63) is 54.6 Å². The van der Waals surface area contributed by atoms with Gasteiger partial charge in [-0.2, -0.15) is 0 Å². The van der Waals surface area contributed by atoms with Gasteiger partial charge in [0, 0.05) is 11.7 Å². The van der Waals surface area contributed by atoms with E-state index < -0.39 is 0 Å². The highest BCUT2D eigenvalue weighted by Crippen LogP contribution is 2.21. The molecule has 1 N–H and O–H groups in total. The van der Waals surface area contributed by atoms with E-state index in [1.165, 1.54) is 16.8 Å². The van der Waals surface area contributed by atoms with Crippen molar-refractivity contribution in [3.63, 3.8) is 0 Å². The van der Waals surface area contributed by atoms with E-state index in [1.807, 2.05) is 6.07 Å². The van der Waals surface area contributed by atoms with E-state index in [2.05, 4.69) is 74.6 Å². The number of hydrogen-bond donors (Lipinski definition) is 1. The Morgan fingerprint density at radius 1 is 0.722 bits per heavy atom. The largest absolute Gasteiger partial charge is 0.382 e. The number of hydrogen-bond acceptors (Lipinski definition) is 1. The van der Waals surface area contributed by atoms with Gasteiger partial charge in [0.05, 0.1) is 0 Å². The third kappa shape index (κ3) is 3.13. The van der Waals surface area contributed by atoms with E-state index in [9.17, 15) is 0 Å². The quantitative estimate of drug-likeness (QED) is 0.807. The lowest BCUT2D eigenvalue weighted by Gasteiger charge is -2.19. The normalized spacial score (nSPS) is 12.4. The maximum atomic E-state index is 3.52. The van der Waals surface area contributed by atoms with E-state index in [0.29, 0.717) is 12.0 Å². The molecule has 1 nitrogen and oxygen atoms in total. The summed E-state index contributed by atoms with van der Waals surface area (Å²) in [5.41, 5.74) is 3.72. The third-order valence-corrected chi connectivity index (χ3v) is 3.39. The van der Waals surface area contributed by atoms with Crippen LogP contribution in [0.2, 0.25) is 0 Å². The van der Waals surface area contributed by atoms with Crippen LogP contribution in [0.5, 0.6) is 0 Å². The summed E-state index contributed by atoms with van der Waals surface area (Å²) in [5, 5.41) is 3.52. The molecule has 2 rings (SSSR count). The van der Waals surface area contributed by atoms with E-state index in [-0.39, 0.29) is 0 Å². The van der Waals surface area contributed by atoms with Crippen molar-refractivity contribution >= 4 is 5.69 Å². The number of nitrogens with one attached hydrogen (secondary N) is 1. The molecule has 0 spiro atoms. The van der Waals surface area contributed by atoms with Gasteiger partial charge < -0.3 is 5.32 Å². The van der Waals surface area contributed by atoms with E-state index in [0.717, 1.165) is 0 Å². The molecule has 2 aromatic rings. The van der Waals surface area contributed by atoms with Crippen LogP contribution in [0, 0.1) is 5.92 Å². The first kappa shape index (κ1) is 12.7. The minimum absolute atomic E-state index is 0.493. The van der Waals surface area contributed by atoms with Gasteiger partial charge in [0.25, 0.3) is 0 Å². The number of rotatable bonds is 4. The average molecular weight is 239 g/mol. The molecule has 0 saturated carbocycles. The molecule has 0 aliphatic carbocycles. The monoisotopic (exact) mass is 239 g/mol. The predicted molar refractivity (Wildman–Crippen MR) is 79.8 cm³/mol. The van der Waals surface area contributed by atoms with Crippen LogP contribution in [-0.4, -0.2) is 6.04 Å². The van der Waals surface area contributed by atoms with Crippen molar-refractivity contribution in [1.29, 1.82) is 0 Å². The molecule has 0 amide bonds. The highest BCUT2D eigenvalue weighted by molar-refractivity contribution is 5.65. The molecule has 0 fully saturated rings. The van der Waals surface area contributed by atoms with Gasteiger partial charge in [0.2, 0.25) is 0 Å². The molecule has 0 heterocycles. The van der Waals surface area contributed by atoms with Gasteiger partial charge in [-0.1, -0.05) is 56.3 Å². The van der Waals surface area contributed by atoms with Gasteiger partial charge in [-0.05, 0) is 36.1 Å². The van der Waals surface area contributed by atoms with Crippen LogP contribution in [0.15, 0.2) is 54.6 Å². The molecule has 0 saturated heterocycles. The first-order chi connectivity index (χ1) is 8.66. The molecule has 0 radical (unpaired) electrons. The lowest BCUT2D eigenvalue weighted by molar-refractivity contribution is 0.560. The highest BCUT2D eigenvalue weighted by Gasteiger charge is 2.06. The second-order valence-corrected chi connectivity index (χ2v) is 5.12. The predicted octanol–water partition coefficient (Wildman–Crippen LogP) is 4.81. The first-order valence-corrected chi connectivity index (χ1v) is 6.59. The van der Waals surface area contributed by atoms with Crippen LogP contribution in [-0.2, 0) is 0 Å². The fourth-order valence-electron chi connectivity index (χ4n) is 1.82. The molecule has 1 heteroatoms. The summed E-state index contributed by atoms with van der Waals surface area (Å²) in [5.74, 6) is 0.638. The SMILES string of the molecule is CC(C)[C@H](C)Nc1ccc(-c2ccccc2)cc1. The van der Waals surface area contributed by atoms with Crippen molar-refractivity contribution in [1.82, 2.24) is 0 Å². The van der Waals surface area contributed by atoms with E-state index >= 15 is 0 Å². The lowest BCUT2D eigenvalue weighted by Crippen LogP contribution is -2.21. The summed E-state index contributed by atoms with van der Waals surface area (Å²) in [6.07, 6.45) is 0.